The van der Waals surface area contributed by atoms with Gasteiger partial charge in [0.2, 0.25) is 0 Å². The number of hydrogen-bond acceptors (Lipinski definition) is 4. The lowest BCUT2D eigenvalue weighted by molar-refractivity contribution is 0.0431. The Bertz CT molecular complexity index is 845. The first-order valence-electron chi connectivity index (χ1n) is 8.73. The highest BCUT2D eigenvalue weighted by Crippen LogP contribution is 2.34. The molecule has 0 saturated heterocycles. The number of ether oxygens (including phenoxy) is 2. The van der Waals surface area contributed by atoms with Crippen molar-refractivity contribution in [2.24, 2.45) is 0 Å². The SMILES string of the molecule is Cc1ccc2ccc(Br)cc2c1N(C(=O)OC(C)(C)C)C(=O)OC(C)(C)C. The summed E-state index contributed by atoms with van der Waals surface area (Å²) in [4.78, 5) is 26.9. The van der Waals surface area contributed by atoms with Gasteiger partial charge in [-0.1, -0.05) is 34.1 Å². The largest absolute Gasteiger partial charge is 0.443 e. The monoisotopic (exact) mass is 435 g/mol. The van der Waals surface area contributed by atoms with E-state index in [0.717, 1.165) is 25.7 Å². The van der Waals surface area contributed by atoms with Crippen LogP contribution < -0.4 is 4.90 Å². The highest BCUT2D eigenvalue weighted by Gasteiger charge is 2.34. The van der Waals surface area contributed by atoms with Crippen LogP contribution in [0.1, 0.15) is 47.1 Å². The third-order valence-corrected chi connectivity index (χ3v) is 4.03. The molecular weight excluding hydrogens is 410 g/mol. The van der Waals surface area contributed by atoms with Crippen LogP contribution >= 0.6 is 15.9 Å². The highest BCUT2D eigenvalue weighted by molar-refractivity contribution is 9.10. The number of hydrogen-bond donors (Lipinski definition) is 0. The fourth-order valence-corrected chi connectivity index (χ4v) is 2.92. The lowest BCUT2D eigenvalue weighted by Crippen LogP contribution is -2.44. The number of rotatable bonds is 1. The first kappa shape index (κ1) is 21.2. The first-order valence-corrected chi connectivity index (χ1v) is 9.53. The van der Waals surface area contributed by atoms with Crippen molar-refractivity contribution in [1.29, 1.82) is 0 Å². The van der Waals surface area contributed by atoms with Gasteiger partial charge >= 0.3 is 12.2 Å². The second-order valence-corrected chi connectivity index (χ2v) is 9.31. The summed E-state index contributed by atoms with van der Waals surface area (Å²) in [7, 11) is 0. The summed E-state index contributed by atoms with van der Waals surface area (Å²) < 4.78 is 11.8. The number of benzene rings is 2. The van der Waals surface area contributed by atoms with Crippen LogP contribution in [0.25, 0.3) is 10.8 Å². The van der Waals surface area contributed by atoms with E-state index in [1.807, 2.05) is 37.3 Å². The molecule has 0 heterocycles. The smallest absolute Gasteiger partial charge is 0.424 e. The van der Waals surface area contributed by atoms with E-state index in [0.29, 0.717) is 5.69 Å². The molecule has 0 radical (unpaired) electrons. The van der Waals surface area contributed by atoms with E-state index in [-0.39, 0.29) is 0 Å². The average molecular weight is 436 g/mol. The molecule has 2 aromatic rings. The van der Waals surface area contributed by atoms with Gasteiger partial charge in [0.25, 0.3) is 0 Å². The van der Waals surface area contributed by atoms with Crippen molar-refractivity contribution in [2.45, 2.75) is 59.7 Å². The number of nitrogens with zero attached hydrogens (tertiary/aromatic N) is 1. The van der Waals surface area contributed by atoms with E-state index in [2.05, 4.69) is 15.9 Å². The van der Waals surface area contributed by atoms with Crippen LogP contribution in [0.5, 0.6) is 0 Å². The molecule has 0 unspecified atom stereocenters. The van der Waals surface area contributed by atoms with Crippen molar-refractivity contribution in [1.82, 2.24) is 0 Å². The minimum absolute atomic E-state index is 0.456. The molecule has 0 aliphatic heterocycles. The Morgan fingerprint density at radius 1 is 0.889 bits per heavy atom. The number of halogens is 1. The Morgan fingerprint density at radius 2 is 1.37 bits per heavy atom. The second-order valence-electron chi connectivity index (χ2n) is 8.39. The summed E-state index contributed by atoms with van der Waals surface area (Å²) in [6.07, 6.45) is -1.54. The normalized spacial score (nSPS) is 12.0. The fraction of sp³-hybridized carbons (Fsp3) is 0.429. The Balaban J connectivity index is 2.68. The lowest BCUT2D eigenvalue weighted by atomic mass is 10.0. The molecule has 0 fully saturated rings. The van der Waals surface area contributed by atoms with E-state index < -0.39 is 23.4 Å². The maximum Gasteiger partial charge on any atom is 0.424 e. The molecule has 6 heteroatoms. The van der Waals surface area contributed by atoms with Gasteiger partial charge in [-0.25, -0.2) is 9.59 Å². The summed E-state index contributed by atoms with van der Waals surface area (Å²) >= 11 is 3.46. The molecule has 5 nitrogen and oxygen atoms in total. The fourth-order valence-electron chi connectivity index (χ4n) is 2.55. The predicted molar refractivity (Wildman–Crippen MR) is 111 cm³/mol. The Hall–Kier alpha value is -2.08. The summed E-state index contributed by atoms with van der Waals surface area (Å²) in [5, 5.41) is 1.65. The van der Waals surface area contributed by atoms with E-state index >= 15 is 0 Å². The van der Waals surface area contributed by atoms with Gasteiger partial charge in [-0.05, 0) is 71.5 Å². The first-order chi connectivity index (χ1) is 12.3. The topological polar surface area (TPSA) is 55.8 Å². The summed E-state index contributed by atoms with van der Waals surface area (Å²) in [5.41, 5.74) is -0.290. The number of imide groups is 1. The van der Waals surface area contributed by atoms with Gasteiger partial charge in [-0.2, -0.15) is 4.90 Å². The van der Waals surface area contributed by atoms with Gasteiger partial charge in [-0.3, -0.25) is 0 Å². The number of amides is 2. The lowest BCUT2D eigenvalue weighted by Gasteiger charge is -2.30. The standard InChI is InChI=1S/C21H26BrNO4/c1-13-8-9-14-10-11-15(22)12-16(14)17(13)23(18(24)26-20(2,3)4)19(25)27-21(5,6)7/h8-12H,1-7H3. The van der Waals surface area contributed by atoms with Crippen LogP contribution in [0, 0.1) is 6.92 Å². The summed E-state index contributed by atoms with van der Waals surface area (Å²) in [5.74, 6) is 0. The molecule has 0 N–H and O–H groups in total. The number of anilines is 1. The molecule has 0 bridgehead atoms. The molecular formula is C21H26BrNO4. The Labute approximate surface area is 168 Å². The molecule has 2 rings (SSSR count). The van der Waals surface area contributed by atoms with Crippen LogP contribution in [0.15, 0.2) is 34.8 Å². The van der Waals surface area contributed by atoms with Gasteiger partial charge in [0, 0.05) is 9.86 Å². The van der Waals surface area contributed by atoms with Crippen molar-refractivity contribution < 1.29 is 19.1 Å². The van der Waals surface area contributed by atoms with Gasteiger partial charge in [0.15, 0.2) is 0 Å². The second kappa shape index (κ2) is 7.50. The highest BCUT2D eigenvalue weighted by atomic mass is 79.9. The summed E-state index contributed by atoms with van der Waals surface area (Å²) in [6.45, 7) is 12.4. The Morgan fingerprint density at radius 3 is 1.85 bits per heavy atom. The van der Waals surface area contributed by atoms with Crippen LogP contribution in [0.3, 0.4) is 0 Å². The summed E-state index contributed by atoms with van der Waals surface area (Å²) in [6, 6.07) is 9.52. The third-order valence-electron chi connectivity index (χ3n) is 3.53. The number of aryl methyl sites for hydroxylation is 1. The molecule has 0 aromatic heterocycles. The molecule has 2 aromatic carbocycles. The van der Waals surface area contributed by atoms with Crippen LogP contribution in [-0.4, -0.2) is 23.4 Å². The van der Waals surface area contributed by atoms with Crippen molar-refractivity contribution in [3.05, 3.63) is 40.4 Å². The zero-order valence-electron chi connectivity index (χ0n) is 16.8. The van der Waals surface area contributed by atoms with Crippen LogP contribution in [-0.2, 0) is 9.47 Å². The van der Waals surface area contributed by atoms with E-state index in [1.165, 1.54) is 0 Å². The molecule has 0 atom stereocenters. The minimum atomic E-state index is -0.771. The number of carbonyl (C=O) groups excluding carboxylic acids is 2. The number of fused-ring (bicyclic) bond motifs is 1. The molecule has 146 valence electrons. The molecule has 0 aliphatic carbocycles. The molecule has 2 amide bonds. The zero-order chi connectivity index (χ0) is 20.6. The van der Waals surface area contributed by atoms with Gasteiger partial charge < -0.3 is 9.47 Å². The quantitative estimate of drug-likeness (QED) is 0.506. The molecule has 0 spiro atoms. The van der Waals surface area contributed by atoms with Crippen molar-refractivity contribution >= 4 is 44.6 Å². The van der Waals surface area contributed by atoms with Crippen LogP contribution in [0.4, 0.5) is 15.3 Å². The minimum Gasteiger partial charge on any atom is -0.443 e. The van der Waals surface area contributed by atoms with E-state index in [4.69, 9.17) is 9.47 Å². The predicted octanol–water partition coefficient (Wildman–Crippen LogP) is 6.59. The van der Waals surface area contributed by atoms with Crippen molar-refractivity contribution in [3.63, 3.8) is 0 Å². The van der Waals surface area contributed by atoms with E-state index in [1.54, 1.807) is 41.5 Å². The molecule has 0 saturated carbocycles. The van der Waals surface area contributed by atoms with Gasteiger partial charge in [0.05, 0.1) is 5.69 Å². The van der Waals surface area contributed by atoms with Gasteiger partial charge in [0.1, 0.15) is 11.2 Å². The van der Waals surface area contributed by atoms with Crippen LogP contribution in [0.2, 0.25) is 0 Å². The van der Waals surface area contributed by atoms with Crippen molar-refractivity contribution in [3.8, 4) is 0 Å². The molecule has 0 aliphatic rings. The zero-order valence-corrected chi connectivity index (χ0v) is 18.4. The average Bonchev–Trinajstić information content (AvgIpc) is 2.46. The van der Waals surface area contributed by atoms with Gasteiger partial charge in [-0.15, -0.1) is 0 Å². The molecule has 27 heavy (non-hydrogen) atoms. The van der Waals surface area contributed by atoms with Crippen molar-refractivity contribution in [2.75, 3.05) is 4.90 Å². The Kier molecular flexibility index (Phi) is 5.90. The number of carbonyl (C=O) groups is 2. The van der Waals surface area contributed by atoms with E-state index in [9.17, 15) is 9.59 Å². The third kappa shape index (κ3) is 5.45. The maximum absolute atomic E-state index is 13.0. The maximum atomic E-state index is 13.0.